The molecule has 0 aliphatic carbocycles. The van der Waals surface area contributed by atoms with Gasteiger partial charge in [0.25, 0.3) is 0 Å². The predicted octanol–water partition coefficient (Wildman–Crippen LogP) is 1.72. The molecule has 16 heavy (non-hydrogen) atoms. The first kappa shape index (κ1) is 13.2. The molecule has 1 aliphatic rings. The van der Waals surface area contributed by atoms with E-state index in [9.17, 15) is 14.3 Å². The van der Waals surface area contributed by atoms with Gasteiger partial charge in [-0.3, -0.25) is 0 Å². The van der Waals surface area contributed by atoms with Crippen LogP contribution in [0.25, 0.3) is 0 Å². The van der Waals surface area contributed by atoms with Crippen molar-refractivity contribution < 1.29 is 19.0 Å². The third-order valence-corrected chi connectivity index (χ3v) is 2.52. The molecule has 1 amide bonds. The zero-order chi connectivity index (χ0) is 12.6. The normalized spacial score (nSPS) is 31.4. The van der Waals surface area contributed by atoms with E-state index in [1.54, 1.807) is 20.8 Å². The lowest BCUT2D eigenvalue weighted by molar-refractivity contribution is -0.0623. The van der Waals surface area contributed by atoms with E-state index in [0.29, 0.717) is 6.54 Å². The number of ether oxygens (including phenoxy) is 1. The summed E-state index contributed by atoms with van der Waals surface area (Å²) in [6, 6.07) is 0. The van der Waals surface area contributed by atoms with Gasteiger partial charge >= 0.3 is 6.09 Å². The van der Waals surface area contributed by atoms with E-state index in [0.717, 1.165) is 0 Å². The van der Waals surface area contributed by atoms with Crippen LogP contribution >= 0.6 is 0 Å². The minimum absolute atomic E-state index is 0.122. The molecule has 0 saturated carbocycles. The highest BCUT2D eigenvalue weighted by Crippen LogP contribution is 2.26. The number of nitrogens with zero attached hydrogens (tertiary/aromatic N) is 1. The van der Waals surface area contributed by atoms with Crippen LogP contribution in [-0.2, 0) is 4.74 Å². The Morgan fingerprint density at radius 1 is 1.56 bits per heavy atom. The van der Waals surface area contributed by atoms with Crippen LogP contribution in [0.15, 0.2) is 0 Å². The van der Waals surface area contributed by atoms with Gasteiger partial charge in [-0.25, -0.2) is 9.18 Å². The molecule has 0 aromatic carbocycles. The number of aliphatic hydroxyl groups is 1. The number of hydrogen-bond donors (Lipinski definition) is 1. The number of halogens is 1. The number of rotatable bonds is 0. The zero-order valence-corrected chi connectivity index (χ0v) is 10.3. The van der Waals surface area contributed by atoms with Crippen molar-refractivity contribution in [1.29, 1.82) is 0 Å². The van der Waals surface area contributed by atoms with E-state index >= 15 is 0 Å². The number of alkyl halides is 1. The summed E-state index contributed by atoms with van der Waals surface area (Å²) >= 11 is 0. The lowest BCUT2D eigenvalue weighted by Crippen LogP contribution is -2.54. The highest BCUT2D eigenvalue weighted by atomic mass is 19.1. The molecule has 1 fully saturated rings. The SMILES string of the molecule is CC(C)(C)OC(=O)N1CC[C@H](O)[C@@](C)(F)C1. The van der Waals surface area contributed by atoms with Crippen LogP contribution in [0.5, 0.6) is 0 Å². The first-order valence-electron chi connectivity index (χ1n) is 5.47. The first-order valence-corrected chi connectivity index (χ1v) is 5.47. The third kappa shape index (κ3) is 3.33. The van der Waals surface area contributed by atoms with Gasteiger partial charge in [-0.05, 0) is 34.1 Å². The van der Waals surface area contributed by atoms with Crippen LogP contribution in [0.4, 0.5) is 9.18 Å². The molecule has 2 atom stereocenters. The van der Waals surface area contributed by atoms with Crippen LogP contribution in [0.2, 0.25) is 0 Å². The summed E-state index contributed by atoms with van der Waals surface area (Å²) in [7, 11) is 0. The highest BCUT2D eigenvalue weighted by Gasteiger charge is 2.41. The Hall–Kier alpha value is -0.840. The second-order valence-electron chi connectivity index (χ2n) is 5.48. The minimum Gasteiger partial charge on any atom is -0.444 e. The van der Waals surface area contributed by atoms with Gasteiger partial charge in [-0.15, -0.1) is 0 Å². The maximum Gasteiger partial charge on any atom is 0.410 e. The van der Waals surface area contributed by atoms with Crippen molar-refractivity contribution in [2.45, 2.75) is 51.5 Å². The first-order chi connectivity index (χ1) is 7.12. The van der Waals surface area contributed by atoms with Crippen LogP contribution in [0.3, 0.4) is 0 Å². The Bertz CT molecular complexity index is 273. The Morgan fingerprint density at radius 3 is 2.56 bits per heavy atom. The van der Waals surface area contributed by atoms with E-state index in [4.69, 9.17) is 4.74 Å². The van der Waals surface area contributed by atoms with Crippen LogP contribution < -0.4 is 0 Å². The number of aliphatic hydroxyl groups excluding tert-OH is 1. The van der Waals surface area contributed by atoms with Gasteiger partial charge in [-0.2, -0.15) is 0 Å². The summed E-state index contributed by atoms with van der Waals surface area (Å²) in [5.41, 5.74) is -2.34. The van der Waals surface area contributed by atoms with Gasteiger partial charge in [0.2, 0.25) is 0 Å². The molecule has 1 saturated heterocycles. The summed E-state index contributed by atoms with van der Waals surface area (Å²) in [6.07, 6.45) is -1.29. The number of carbonyl (C=O) groups is 1. The summed E-state index contributed by atoms with van der Waals surface area (Å²) in [5.74, 6) is 0. The van der Waals surface area contributed by atoms with Crippen molar-refractivity contribution in [3.63, 3.8) is 0 Å². The standard InChI is InChI=1S/C11H20FNO3/c1-10(2,3)16-9(15)13-6-5-8(14)11(4,12)7-13/h8,14H,5-7H2,1-4H3/t8-,11-/m0/s1. The molecule has 1 aliphatic heterocycles. The number of likely N-dealkylation sites (tertiary alicyclic amines) is 1. The fourth-order valence-corrected chi connectivity index (χ4v) is 1.62. The summed E-state index contributed by atoms with van der Waals surface area (Å²) in [4.78, 5) is 13.0. The number of amides is 1. The van der Waals surface area contributed by atoms with Crippen molar-refractivity contribution in [2.75, 3.05) is 13.1 Å². The van der Waals surface area contributed by atoms with E-state index in [2.05, 4.69) is 0 Å². The van der Waals surface area contributed by atoms with Gasteiger partial charge in [0, 0.05) is 6.54 Å². The lowest BCUT2D eigenvalue weighted by Gasteiger charge is -2.39. The molecular formula is C11H20FNO3. The molecule has 1 N–H and O–H groups in total. The smallest absolute Gasteiger partial charge is 0.410 e. The Kier molecular flexibility index (Phi) is 3.47. The number of carbonyl (C=O) groups excluding carboxylic acids is 1. The van der Waals surface area contributed by atoms with E-state index < -0.39 is 23.5 Å². The van der Waals surface area contributed by atoms with Crippen LogP contribution in [0, 0.1) is 0 Å². The van der Waals surface area contributed by atoms with Crippen molar-refractivity contribution >= 4 is 6.09 Å². The fourth-order valence-electron chi connectivity index (χ4n) is 1.62. The molecule has 5 heteroatoms. The van der Waals surface area contributed by atoms with Gasteiger partial charge in [0.15, 0.2) is 5.67 Å². The Labute approximate surface area is 95.4 Å². The van der Waals surface area contributed by atoms with Crippen LogP contribution in [0.1, 0.15) is 34.1 Å². The van der Waals surface area contributed by atoms with E-state index in [-0.39, 0.29) is 13.0 Å². The Balaban J connectivity index is 2.60. The summed E-state index contributed by atoms with van der Waals surface area (Å²) in [5, 5.41) is 9.42. The van der Waals surface area contributed by atoms with Gasteiger partial charge < -0.3 is 14.7 Å². The van der Waals surface area contributed by atoms with Crippen molar-refractivity contribution in [3.05, 3.63) is 0 Å². The molecule has 0 unspecified atom stereocenters. The molecular weight excluding hydrogens is 213 g/mol. The molecule has 4 nitrogen and oxygen atoms in total. The average molecular weight is 233 g/mol. The van der Waals surface area contributed by atoms with Crippen molar-refractivity contribution in [2.24, 2.45) is 0 Å². The molecule has 0 aromatic rings. The minimum atomic E-state index is -1.75. The van der Waals surface area contributed by atoms with Crippen LogP contribution in [-0.4, -0.2) is 46.6 Å². The van der Waals surface area contributed by atoms with Gasteiger partial charge in [0.1, 0.15) is 5.60 Å². The summed E-state index contributed by atoms with van der Waals surface area (Å²) < 4.78 is 19.0. The molecule has 0 aromatic heterocycles. The second kappa shape index (κ2) is 4.20. The fraction of sp³-hybridized carbons (Fsp3) is 0.909. The molecule has 0 bridgehead atoms. The second-order valence-corrected chi connectivity index (χ2v) is 5.48. The van der Waals surface area contributed by atoms with E-state index in [1.165, 1.54) is 11.8 Å². The highest BCUT2D eigenvalue weighted by molar-refractivity contribution is 5.68. The monoisotopic (exact) mass is 233 g/mol. The van der Waals surface area contributed by atoms with Crippen molar-refractivity contribution in [1.82, 2.24) is 4.90 Å². The molecule has 94 valence electrons. The van der Waals surface area contributed by atoms with E-state index in [1.807, 2.05) is 0 Å². The maximum atomic E-state index is 13.8. The quantitative estimate of drug-likeness (QED) is 0.693. The number of piperidine rings is 1. The number of hydrogen-bond acceptors (Lipinski definition) is 3. The Morgan fingerprint density at radius 2 is 2.12 bits per heavy atom. The maximum absolute atomic E-state index is 13.8. The zero-order valence-electron chi connectivity index (χ0n) is 10.3. The molecule has 1 heterocycles. The van der Waals surface area contributed by atoms with Crippen molar-refractivity contribution in [3.8, 4) is 0 Å². The lowest BCUT2D eigenvalue weighted by atomic mass is 9.94. The average Bonchev–Trinajstić information content (AvgIpc) is 2.06. The molecule has 1 rings (SSSR count). The molecule has 0 spiro atoms. The van der Waals surface area contributed by atoms with Gasteiger partial charge in [0.05, 0.1) is 12.6 Å². The molecule has 0 radical (unpaired) electrons. The predicted molar refractivity (Wildman–Crippen MR) is 57.9 cm³/mol. The topological polar surface area (TPSA) is 49.8 Å². The van der Waals surface area contributed by atoms with Gasteiger partial charge in [-0.1, -0.05) is 0 Å². The third-order valence-electron chi connectivity index (χ3n) is 2.52. The summed E-state index contributed by atoms with van der Waals surface area (Å²) in [6.45, 7) is 6.79. The largest absolute Gasteiger partial charge is 0.444 e.